The minimum absolute atomic E-state index is 0.0486. The van der Waals surface area contributed by atoms with Crippen molar-refractivity contribution in [3.8, 4) is 0 Å². The van der Waals surface area contributed by atoms with E-state index in [-0.39, 0.29) is 29.7 Å². The van der Waals surface area contributed by atoms with Gasteiger partial charge in [0.25, 0.3) is 0 Å². The maximum atomic E-state index is 12.7. The first kappa shape index (κ1) is 21.6. The molecule has 29 heavy (non-hydrogen) atoms. The lowest BCUT2D eigenvalue weighted by atomic mass is 10.1. The SMILES string of the molecule is O=S(=O)(c1ccc(Cl)nc1)N1CC=C(NOCc2cccc(C(F)(F)F)c2)CC1. The molecule has 0 fully saturated rings. The van der Waals surface area contributed by atoms with Crippen molar-refractivity contribution in [2.24, 2.45) is 0 Å². The summed E-state index contributed by atoms with van der Waals surface area (Å²) in [6.07, 6.45) is -1.20. The average molecular weight is 448 g/mol. The van der Waals surface area contributed by atoms with Gasteiger partial charge in [0, 0.05) is 31.4 Å². The van der Waals surface area contributed by atoms with Gasteiger partial charge in [-0.2, -0.15) is 17.5 Å². The highest BCUT2D eigenvalue weighted by Crippen LogP contribution is 2.29. The van der Waals surface area contributed by atoms with Gasteiger partial charge in [-0.05, 0) is 35.9 Å². The molecule has 0 saturated carbocycles. The normalized spacial score (nSPS) is 15.8. The fourth-order valence-electron chi connectivity index (χ4n) is 2.67. The first-order valence-electron chi connectivity index (χ1n) is 8.51. The summed E-state index contributed by atoms with van der Waals surface area (Å²) >= 11 is 5.68. The van der Waals surface area contributed by atoms with E-state index in [1.54, 1.807) is 6.08 Å². The number of hydrogen-bond donors (Lipinski definition) is 1. The Morgan fingerprint density at radius 2 is 2.03 bits per heavy atom. The second-order valence-corrected chi connectivity index (χ2v) is 8.57. The van der Waals surface area contributed by atoms with Gasteiger partial charge < -0.3 is 0 Å². The summed E-state index contributed by atoms with van der Waals surface area (Å²) in [7, 11) is -3.69. The highest BCUT2D eigenvalue weighted by atomic mass is 35.5. The molecule has 2 aromatic rings. The minimum atomic E-state index is -4.41. The lowest BCUT2D eigenvalue weighted by molar-refractivity contribution is -0.137. The molecule has 1 aliphatic rings. The van der Waals surface area contributed by atoms with E-state index in [4.69, 9.17) is 16.4 Å². The number of alkyl halides is 3. The number of pyridine rings is 1. The molecular formula is C18H17ClF3N3O3S. The Balaban J connectivity index is 1.55. The summed E-state index contributed by atoms with van der Waals surface area (Å²) in [4.78, 5) is 9.10. The zero-order valence-electron chi connectivity index (χ0n) is 15.0. The lowest BCUT2D eigenvalue weighted by Gasteiger charge is -2.26. The monoisotopic (exact) mass is 447 g/mol. The van der Waals surface area contributed by atoms with Crippen LogP contribution >= 0.6 is 11.6 Å². The van der Waals surface area contributed by atoms with Crippen molar-refractivity contribution in [1.82, 2.24) is 14.8 Å². The molecule has 0 saturated heterocycles. The Morgan fingerprint density at radius 3 is 2.66 bits per heavy atom. The summed E-state index contributed by atoms with van der Waals surface area (Å²) in [6, 6.07) is 7.65. The van der Waals surface area contributed by atoms with Crippen LogP contribution in [0.15, 0.2) is 59.3 Å². The molecule has 0 unspecified atom stereocenters. The quantitative estimate of drug-likeness (QED) is 0.539. The maximum Gasteiger partial charge on any atom is 0.416 e. The van der Waals surface area contributed by atoms with E-state index in [1.165, 1.54) is 34.8 Å². The Morgan fingerprint density at radius 1 is 1.24 bits per heavy atom. The van der Waals surface area contributed by atoms with E-state index in [9.17, 15) is 21.6 Å². The van der Waals surface area contributed by atoms with Crippen molar-refractivity contribution in [2.45, 2.75) is 24.1 Å². The number of hydroxylamine groups is 1. The van der Waals surface area contributed by atoms with Gasteiger partial charge in [0.15, 0.2) is 0 Å². The summed E-state index contributed by atoms with van der Waals surface area (Å²) in [5.41, 5.74) is 2.95. The standard InChI is InChI=1S/C18H17ClF3N3O3S/c19-17-5-4-16(11-23-17)29(26,27)25-8-6-15(7-9-25)24-28-12-13-2-1-3-14(10-13)18(20,21)22/h1-6,10-11,24H,7-9,12H2. The molecule has 6 nitrogen and oxygen atoms in total. The van der Waals surface area contributed by atoms with Crippen LogP contribution < -0.4 is 5.48 Å². The van der Waals surface area contributed by atoms with Crippen molar-refractivity contribution in [3.05, 3.63) is 70.6 Å². The number of halogens is 4. The third-order valence-corrected chi connectivity index (χ3v) is 6.28. The maximum absolute atomic E-state index is 12.7. The van der Waals surface area contributed by atoms with Gasteiger partial charge in [0.2, 0.25) is 10.0 Å². The van der Waals surface area contributed by atoms with Crippen LogP contribution in [0.3, 0.4) is 0 Å². The van der Waals surface area contributed by atoms with Gasteiger partial charge in [-0.1, -0.05) is 23.7 Å². The molecule has 0 aliphatic carbocycles. The smallest absolute Gasteiger partial charge is 0.272 e. The van der Waals surface area contributed by atoms with Crippen molar-refractivity contribution in [2.75, 3.05) is 13.1 Å². The number of hydrogen-bond acceptors (Lipinski definition) is 5. The van der Waals surface area contributed by atoms with Gasteiger partial charge in [-0.15, -0.1) is 0 Å². The highest BCUT2D eigenvalue weighted by molar-refractivity contribution is 7.89. The topological polar surface area (TPSA) is 71.5 Å². The molecule has 1 aromatic heterocycles. The third kappa shape index (κ3) is 5.47. The molecule has 0 radical (unpaired) electrons. The molecule has 0 atom stereocenters. The van der Waals surface area contributed by atoms with Crippen molar-refractivity contribution >= 4 is 21.6 Å². The van der Waals surface area contributed by atoms with Crippen LogP contribution in [-0.4, -0.2) is 30.8 Å². The van der Waals surface area contributed by atoms with Gasteiger partial charge in [-0.3, -0.25) is 10.3 Å². The number of aromatic nitrogens is 1. The summed E-state index contributed by atoms with van der Waals surface area (Å²) in [6.45, 7) is 0.274. The molecule has 1 aromatic carbocycles. The van der Waals surface area contributed by atoms with Crippen LogP contribution in [0.25, 0.3) is 0 Å². The fraction of sp³-hybridized carbons (Fsp3) is 0.278. The second-order valence-electron chi connectivity index (χ2n) is 6.25. The van der Waals surface area contributed by atoms with E-state index in [1.807, 2.05) is 0 Å². The first-order chi connectivity index (χ1) is 13.7. The summed E-state index contributed by atoms with van der Waals surface area (Å²) < 4.78 is 64.6. The predicted octanol–water partition coefficient (Wildman–Crippen LogP) is 3.75. The summed E-state index contributed by atoms with van der Waals surface area (Å²) in [5.74, 6) is 0. The van der Waals surface area contributed by atoms with Crippen LogP contribution in [0.5, 0.6) is 0 Å². The van der Waals surface area contributed by atoms with E-state index in [0.29, 0.717) is 17.7 Å². The molecule has 0 amide bonds. The van der Waals surface area contributed by atoms with Crippen LogP contribution in [0.4, 0.5) is 13.2 Å². The second kappa shape index (κ2) is 8.70. The average Bonchev–Trinajstić information content (AvgIpc) is 2.68. The largest absolute Gasteiger partial charge is 0.416 e. The van der Waals surface area contributed by atoms with E-state index < -0.39 is 21.8 Å². The lowest BCUT2D eigenvalue weighted by Crippen LogP contribution is -2.36. The summed E-state index contributed by atoms with van der Waals surface area (Å²) in [5, 5.41) is 0.201. The van der Waals surface area contributed by atoms with Crippen molar-refractivity contribution in [1.29, 1.82) is 0 Å². The van der Waals surface area contributed by atoms with Gasteiger partial charge >= 0.3 is 6.18 Å². The van der Waals surface area contributed by atoms with E-state index in [0.717, 1.165) is 12.1 Å². The molecular weight excluding hydrogens is 431 g/mol. The first-order valence-corrected chi connectivity index (χ1v) is 10.3. The fourth-order valence-corrected chi connectivity index (χ4v) is 4.11. The predicted molar refractivity (Wildman–Crippen MR) is 100 cm³/mol. The number of rotatable bonds is 6. The third-order valence-electron chi connectivity index (χ3n) is 4.21. The molecule has 2 heterocycles. The molecule has 1 N–H and O–H groups in total. The zero-order valence-corrected chi connectivity index (χ0v) is 16.6. The Bertz CT molecular complexity index is 995. The molecule has 3 rings (SSSR count). The van der Waals surface area contributed by atoms with Crippen molar-refractivity contribution < 1.29 is 26.4 Å². The molecule has 11 heteroatoms. The van der Waals surface area contributed by atoms with Crippen LogP contribution in [0, 0.1) is 0 Å². The van der Waals surface area contributed by atoms with Crippen molar-refractivity contribution in [3.63, 3.8) is 0 Å². The van der Waals surface area contributed by atoms with Crippen LogP contribution in [-0.2, 0) is 27.6 Å². The van der Waals surface area contributed by atoms with E-state index in [2.05, 4.69) is 10.5 Å². The number of nitrogens with zero attached hydrogens (tertiary/aromatic N) is 2. The molecule has 0 spiro atoms. The Hall–Kier alpha value is -2.14. The molecule has 156 valence electrons. The zero-order chi connectivity index (χ0) is 21.1. The highest BCUT2D eigenvalue weighted by Gasteiger charge is 2.30. The number of sulfonamides is 1. The molecule has 0 bridgehead atoms. The molecule has 1 aliphatic heterocycles. The minimum Gasteiger partial charge on any atom is -0.272 e. The van der Waals surface area contributed by atoms with Crippen LogP contribution in [0.2, 0.25) is 5.15 Å². The number of nitrogens with one attached hydrogen (secondary N) is 1. The van der Waals surface area contributed by atoms with E-state index >= 15 is 0 Å². The Labute approximate surface area is 171 Å². The van der Waals surface area contributed by atoms with Crippen LogP contribution in [0.1, 0.15) is 17.5 Å². The number of benzene rings is 1. The van der Waals surface area contributed by atoms with Gasteiger partial charge in [0.05, 0.1) is 12.2 Å². The van der Waals surface area contributed by atoms with Gasteiger partial charge in [0.1, 0.15) is 10.0 Å². The Kier molecular flexibility index (Phi) is 6.47. The van der Waals surface area contributed by atoms with Gasteiger partial charge in [-0.25, -0.2) is 13.4 Å².